The molecule has 0 spiro atoms. The summed E-state index contributed by atoms with van der Waals surface area (Å²) in [4.78, 5) is 12.3. The summed E-state index contributed by atoms with van der Waals surface area (Å²) >= 11 is 6.52. The molecule has 0 unspecified atom stereocenters. The Morgan fingerprint density at radius 2 is 2.00 bits per heavy atom. The summed E-state index contributed by atoms with van der Waals surface area (Å²) in [5, 5.41) is 2.53. The van der Waals surface area contributed by atoms with E-state index in [1.165, 1.54) is 19.2 Å². The molecule has 2 aromatic carbocycles. The predicted molar refractivity (Wildman–Crippen MR) is 93.9 cm³/mol. The summed E-state index contributed by atoms with van der Waals surface area (Å²) in [5.74, 6) is -0.0398. The summed E-state index contributed by atoms with van der Waals surface area (Å²) in [6.07, 6.45) is 0. The van der Waals surface area contributed by atoms with Gasteiger partial charge >= 0.3 is 0 Å². The third kappa shape index (κ3) is 4.23. The fourth-order valence-corrected chi connectivity index (χ4v) is 2.81. The standard InChI is InChI=1S/C16H14Br2FNO3/c1-3-23-15-11(18)6-9(7-14(15)22-2)16(21)20-13-5-4-10(17)8-12(13)19/h4-8H,3H2,1-2H3,(H,20,21). The lowest BCUT2D eigenvalue weighted by atomic mass is 10.1. The Bertz CT molecular complexity index is 738. The van der Waals surface area contributed by atoms with Crippen LogP contribution < -0.4 is 14.8 Å². The van der Waals surface area contributed by atoms with Crippen LogP contribution in [-0.4, -0.2) is 19.6 Å². The lowest BCUT2D eigenvalue weighted by Gasteiger charge is -2.13. The quantitative estimate of drug-likeness (QED) is 0.702. The summed E-state index contributed by atoms with van der Waals surface area (Å²) in [7, 11) is 1.49. The zero-order valence-corrected chi connectivity index (χ0v) is 15.6. The Labute approximate surface area is 150 Å². The molecule has 1 N–H and O–H groups in total. The van der Waals surface area contributed by atoms with Crippen molar-refractivity contribution in [1.82, 2.24) is 0 Å². The molecular formula is C16H14Br2FNO3. The Balaban J connectivity index is 2.30. The molecular weight excluding hydrogens is 433 g/mol. The van der Waals surface area contributed by atoms with Gasteiger partial charge in [-0.25, -0.2) is 4.39 Å². The minimum absolute atomic E-state index is 0.0992. The van der Waals surface area contributed by atoms with E-state index in [-0.39, 0.29) is 5.69 Å². The number of benzene rings is 2. The van der Waals surface area contributed by atoms with E-state index in [0.717, 1.165) is 0 Å². The number of carbonyl (C=O) groups excluding carboxylic acids is 1. The average Bonchev–Trinajstić information content (AvgIpc) is 2.51. The van der Waals surface area contributed by atoms with Gasteiger partial charge < -0.3 is 14.8 Å². The lowest BCUT2D eigenvalue weighted by Crippen LogP contribution is -2.13. The lowest BCUT2D eigenvalue weighted by molar-refractivity contribution is 0.102. The van der Waals surface area contributed by atoms with Gasteiger partial charge in [0.25, 0.3) is 5.91 Å². The van der Waals surface area contributed by atoms with E-state index in [4.69, 9.17) is 9.47 Å². The van der Waals surface area contributed by atoms with Crippen LogP contribution in [-0.2, 0) is 0 Å². The van der Waals surface area contributed by atoms with Crippen LogP contribution in [0.5, 0.6) is 11.5 Å². The van der Waals surface area contributed by atoms with Gasteiger partial charge in [0.15, 0.2) is 11.5 Å². The molecule has 0 aliphatic heterocycles. The van der Waals surface area contributed by atoms with E-state index >= 15 is 0 Å². The number of hydrogen-bond donors (Lipinski definition) is 1. The molecule has 4 nitrogen and oxygen atoms in total. The van der Waals surface area contributed by atoms with Gasteiger partial charge in [-0.15, -0.1) is 0 Å². The van der Waals surface area contributed by atoms with Crippen molar-refractivity contribution < 1.29 is 18.7 Å². The highest BCUT2D eigenvalue weighted by Gasteiger charge is 2.16. The number of rotatable bonds is 5. The van der Waals surface area contributed by atoms with Crippen LogP contribution in [0.4, 0.5) is 10.1 Å². The second-order valence-electron chi connectivity index (χ2n) is 4.50. The van der Waals surface area contributed by atoms with Gasteiger partial charge in [0.1, 0.15) is 5.82 Å². The summed E-state index contributed by atoms with van der Waals surface area (Å²) < 4.78 is 25.7. The molecule has 2 aromatic rings. The Kier molecular flexibility index (Phi) is 6.01. The second kappa shape index (κ2) is 7.79. The van der Waals surface area contributed by atoms with E-state index in [1.54, 1.807) is 18.2 Å². The topological polar surface area (TPSA) is 47.6 Å². The van der Waals surface area contributed by atoms with Gasteiger partial charge in [-0.2, -0.15) is 0 Å². The number of amides is 1. The van der Waals surface area contributed by atoms with Crippen LogP contribution in [0, 0.1) is 5.82 Å². The minimum Gasteiger partial charge on any atom is -0.493 e. The number of ether oxygens (including phenoxy) is 2. The van der Waals surface area contributed by atoms with Crippen molar-refractivity contribution in [1.29, 1.82) is 0 Å². The molecule has 0 radical (unpaired) electrons. The fraction of sp³-hybridized carbons (Fsp3) is 0.188. The third-order valence-corrected chi connectivity index (χ3v) is 4.04. The first kappa shape index (κ1) is 17.7. The van der Waals surface area contributed by atoms with Crippen LogP contribution in [0.3, 0.4) is 0 Å². The first-order valence-electron chi connectivity index (χ1n) is 6.73. The Morgan fingerprint density at radius 3 is 2.61 bits per heavy atom. The molecule has 0 saturated heterocycles. The van der Waals surface area contributed by atoms with Gasteiger partial charge in [0.2, 0.25) is 0 Å². The molecule has 0 aliphatic rings. The normalized spacial score (nSPS) is 10.3. The minimum atomic E-state index is -0.523. The molecule has 2 rings (SSSR count). The maximum atomic E-state index is 13.8. The zero-order chi connectivity index (χ0) is 17.0. The second-order valence-corrected chi connectivity index (χ2v) is 6.27. The van der Waals surface area contributed by atoms with Gasteiger partial charge in [-0.1, -0.05) is 15.9 Å². The van der Waals surface area contributed by atoms with Gasteiger partial charge in [-0.3, -0.25) is 4.79 Å². The molecule has 0 fully saturated rings. The predicted octanol–water partition coefficient (Wildman–Crippen LogP) is 5.01. The number of nitrogens with one attached hydrogen (secondary N) is 1. The molecule has 0 heterocycles. The van der Waals surface area contributed by atoms with Crippen LogP contribution in [0.1, 0.15) is 17.3 Å². The maximum absolute atomic E-state index is 13.8. The third-order valence-electron chi connectivity index (χ3n) is 2.96. The molecule has 0 aliphatic carbocycles. The van der Waals surface area contributed by atoms with E-state index in [9.17, 15) is 9.18 Å². The SMILES string of the molecule is CCOc1c(Br)cc(C(=O)Nc2ccc(Br)cc2F)cc1OC. The number of halogens is 3. The van der Waals surface area contributed by atoms with Gasteiger partial charge in [0.05, 0.1) is 23.9 Å². The first-order valence-corrected chi connectivity index (χ1v) is 8.31. The van der Waals surface area contributed by atoms with Gasteiger partial charge in [-0.05, 0) is 53.2 Å². The summed E-state index contributed by atoms with van der Waals surface area (Å²) in [5.41, 5.74) is 0.418. The molecule has 0 atom stereocenters. The highest BCUT2D eigenvalue weighted by atomic mass is 79.9. The molecule has 122 valence electrons. The monoisotopic (exact) mass is 445 g/mol. The van der Waals surface area contributed by atoms with Crippen molar-refractivity contribution in [3.8, 4) is 11.5 Å². The van der Waals surface area contributed by atoms with E-state index in [2.05, 4.69) is 37.2 Å². The largest absolute Gasteiger partial charge is 0.493 e. The highest BCUT2D eigenvalue weighted by molar-refractivity contribution is 9.10. The molecule has 0 saturated carbocycles. The van der Waals surface area contributed by atoms with Crippen LogP contribution in [0.15, 0.2) is 39.3 Å². The van der Waals surface area contributed by atoms with Crippen molar-refractivity contribution in [3.63, 3.8) is 0 Å². The smallest absolute Gasteiger partial charge is 0.255 e. The number of anilines is 1. The number of hydrogen-bond acceptors (Lipinski definition) is 3. The van der Waals surface area contributed by atoms with E-state index in [0.29, 0.717) is 32.6 Å². The molecule has 0 bridgehead atoms. The maximum Gasteiger partial charge on any atom is 0.255 e. The molecule has 23 heavy (non-hydrogen) atoms. The number of carbonyl (C=O) groups is 1. The highest BCUT2D eigenvalue weighted by Crippen LogP contribution is 2.36. The van der Waals surface area contributed by atoms with Gasteiger partial charge in [0, 0.05) is 10.0 Å². The Hall–Kier alpha value is -1.60. The number of methoxy groups -OCH3 is 1. The Morgan fingerprint density at radius 1 is 1.26 bits per heavy atom. The first-order chi connectivity index (χ1) is 11.0. The summed E-state index contributed by atoms with van der Waals surface area (Å²) in [6.45, 7) is 2.31. The molecule has 7 heteroatoms. The van der Waals surface area contributed by atoms with Crippen LogP contribution in [0.2, 0.25) is 0 Å². The van der Waals surface area contributed by atoms with Crippen molar-refractivity contribution in [2.24, 2.45) is 0 Å². The summed E-state index contributed by atoms with van der Waals surface area (Å²) in [6, 6.07) is 7.55. The van der Waals surface area contributed by atoms with Crippen LogP contribution in [0.25, 0.3) is 0 Å². The zero-order valence-electron chi connectivity index (χ0n) is 12.5. The fourth-order valence-electron chi connectivity index (χ4n) is 1.92. The van der Waals surface area contributed by atoms with Crippen molar-refractivity contribution in [2.75, 3.05) is 19.0 Å². The van der Waals surface area contributed by atoms with E-state index < -0.39 is 11.7 Å². The molecule has 0 aromatic heterocycles. The van der Waals surface area contributed by atoms with Crippen molar-refractivity contribution in [3.05, 3.63) is 50.7 Å². The van der Waals surface area contributed by atoms with E-state index in [1.807, 2.05) is 6.92 Å². The van der Waals surface area contributed by atoms with Crippen molar-refractivity contribution >= 4 is 43.5 Å². The van der Waals surface area contributed by atoms with Crippen molar-refractivity contribution in [2.45, 2.75) is 6.92 Å². The average molecular weight is 447 g/mol. The molecule has 1 amide bonds. The van der Waals surface area contributed by atoms with Crippen LogP contribution >= 0.6 is 31.9 Å².